The molecule has 0 aliphatic carbocycles. The molecular weight excluding hydrogens is 1110 g/mol. The Hall–Kier alpha value is -1.64. The highest BCUT2D eigenvalue weighted by atomic mass is 31.2. The van der Waals surface area contributed by atoms with Crippen LogP contribution in [0.1, 0.15) is 316 Å². The van der Waals surface area contributed by atoms with Crippen LogP contribution in [0.15, 0.2) is 0 Å². The zero-order valence-corrected chi connectivity index (χ0v) is 54.5. The molecule has 12 atom stereocenters. The fourth-order valence-corrected chi connectivity index (χ4v) is 12.5. The number of unbranched alkanes of at least 4 members (excludes halogenated alkanes) is 38. The average Bonchev–Trinajstić information content (AvgIpc) is 2.95. The molecule has 0 spiro atoms. The van der Waals surface area contributed by atoms with Crippen LogP contribution >= 0.6 is 7.82 Å². The smallest absolute Gasteiger partial charge is 0.462 e. The summed E-state index contributed by atoms with van der Waals surface area (Å²) in [5.41, 5.74) is 0. The molecule has 2 saturated heterocycles. The standard InChI is InChI=1S/C66H126NO17P/c1-4-7-10-13-16-19-22-25-26-29-32-35-38-41-44-47-58(72)81-53(46-43-40-37-34-31-28-24-21-18-15-12-9-6-3)49-54(70)59-63(75)61(73)55(50-68)82-65(59)80-51-56-62(74)64(76)60(66(83-56)84-85(77,78)79)67-57(71)48-52(69)45-42-39-36-33-30-27-23-20-17-14-11-8-5-2/h52-53,55-56,59-66,68-69,73-76H,4-51H2,1-3H3,(H,67,71)(H2,77,78,79)/t52-,53-,55-,56-,59-,60-,61-,62-,63-,64-,65-,66-/m1/s1. The van der Waals surface area contributed by atoms with Crippen LogP contribution in [0, 0.1) is 5.92 Å². The minimum absolute atomic E-state index is 0.188. The molecule has 9 N–H and O–H groups in total. The number of aliphatic hydroxyl groups excluding tert-OH is 6. The number of rotatable bonds is 57. The molecule has 0 aromatic carbocycles. The van der Waals surface area contributed by atoms with E-state index in [1.165, 1.54) is 173 Å². The molecule has 85 heavy (non-hydrogen) atoms. The van der Waals surface area contributed by atoms with E-state index in [1.807, 2.05) is 0 Å². The Kier molecular flexibility index (Phi) is 47.7. The van der Waals surface area contributed by atoms with Crippen molar-refractivity contribution in [3.63, 3.8) is 0 Å². The van der Waals surface area contributed by atoms with E-state index in [-0.39, 0.29) is 12.8 Å². The molecule has 2 rings (SSSR count). The quantitative estimate of drug-likeness (QED) is 0.0155. The van der Waals surface area contributed by atoms with Crippen molar-refractivity contribution in [2.24, 2.45) is 5.92 Å². The van der Waals surface area contributed by atoms with Crippen LogP contribution in [0.2, 0.25) is 0 Å². The first-order valence-corrected chi connectivity index (χ1v) is 36.3. The number of aliphatic hydroxyl groups is 6. The molecule has 0 aromatic heterocycles. The van der Waals surface area contributed by atoms with E-state index < -0.39 is 118 Å². The molecule has 1 amide bonds. The first-order chi connectivity index (χ1) is 41.1. The van der Waals surface area contributed by atoms with Crippen LogP contribution in [0.3, 0.4) is 0 Å². The van der Waals surface area contributed by atoms with Crippen molar-refractivity contribution in [1.29, 1.82) is 0 Å². The van der Waals surface area contributed by atoms with E-state index in [0.29, 0.717) is 32.1 Å². The van der Waals surface area contributed by atoms with Crippen molar-refractivity contribution >= 4 is 25.5 Å². The number of ether oxygens (including phenoxy) is 4. The second kappa shape index (κ2) is 51.0. The van der Waals surface area contributed by atoms with E-state index in [9.17, 15) is 59.4 Å². The number of Topliss-reactive ketones (excluding diaryl/α,β-unsaturated/α-hetero) is 1. The van der Waals surface area contributed by atoms with Gasteiger partial charge in [-0.3, -0.25) is 18.9 Å². The Balaban J connectivity index is 2.03. The molecule has 2 heterocycles. The van der Waals surface area contributed by atoms with Crippen molar-refractivity contribution in [2.45, 2.75) is 384 Å². The number of nitrogens with one attached hydrogen (secondary N) is 1. The Bertz CT molecular complexity index is 1680. The van der Waals surface area contributed by atoms with Gasteiger partial charge in [0.25, 0.3) is 0 Å². The van der Waals surface area contributed by atoms with Gasteiger partial charge in [0.1, 0.15) is 48.4 Å². The monoisotopic (exact) mass is 1240 g/mol. The van der Waals surface area contributed by atoms with Gasteiger partial charge in [0.2, 0.25) is 5.91 Å². The van der Waals surface area contributed by atoms with Crippen molar-refractivity contribution in [3.8, 4) is 0 Å². The summed E-state index contributed by atoms with van der Waals surface area (Å²) in [5.74, 6) is -3.49. The lowest BCUT2D eigenvalue weighted by molar-refractivity contribution is -0.302. The molecule has 502 valence electrons. The van der Waals surface area contributed by atoms with Gasteiger partial charge < -0.3 is 64.7 Å². The van der Waals surface area contributed by atoms with E-state index in [0.717, 1.165) is 70.6 Å². The molecule has 2 aliphatic heterocycles. The highest BCUT2D eigenvalue weighted by Crippen LogP contribution is 2.41. The highest BCUT2D eigenvalue weighted by Gasteiger charge is 2.51. The van der Waals surface area contributed by atoms with Gasteiger partial charge in [-0.05, 0) is 25.7 Å². The van der Waals surface area contributed by atoms with Gasteiger partial charge in [0, 0.05) is 12.8 Å². The number of hydrogen-bond acceptors (Lipinski definition) is 15. The molecular formula is C66H126NO17P. The molecule has 2 aliphatic rings. The van der Waals surface area contributed by atoms with Crippen LogP contribution in [-0.2, 0) is 42.4 Å². The molecule has 0 unspecified atom stereocenters. The lowest BCUT2D eigenvalue weighted by Gasteiger charge is -2.44. The molecule has 0 radical (unpaired) electrons. The number of carbonyl (C=O) groups is 3. The maximum Gasteiger partial charge on any atom is 0.472 e. The van der Waals surface area contributed by atoms with Crippen molar-refractivity contribution in [2.75, 3.05) is 13.2 Å². The van der Waals surface area contributed by atoms with E-state index in [4.69, 9.17) is 23.5 Å². The van der Waals surface area contributed by atoms with Crippen molar-refractivity contribution < 1.29 is 82.8 Å². The summed E-state index contributed by atoms with van der Waals surface area (Å²) in [6.07, 6.45) is 31.8. The maximum atomic E-state index is 14.4. The zero-order valence-electron chi connectivity index (χ0n) is 53.6. The van der Waals surface area contributed by atoms with Gasteiger partial charge in [-0.1, -0.05) is 271 Å². The molecule has 18 nitrogen and oxygen atoms in total. The van der Waals surface area contributed by atoms with Crippen LogP contribution in [0.5, 0.6) is 0 Å². The first kappa shape index (κ1) is 79.5. The second-order valence-electron chi connectivity index (χ2n) is 25.2. The lowest BCUT2D eigenvalue weighted by atomic mass is 9.85. The van der Waals surface area contributed by atoms with Crippen molar-refractivity contribution in [3.05, 3.63) is 0 Å². The fraction of sp³-hybridized carbons (Fsp3) is 0.955. The highest BCUT2D eigenvalue weighted by molar-refractivity contribution is 7.46. The normalized spacial score (nSPS) is 23.5. The predicted octanol–water partition coefficient (Wildman–Crippen LogP) is 12.9. The minimum Gasteiger partial charge on any atom is -0.462 e. The lowest BCUT2D eigenvalue weighted by Crippen LogP contribution is -2.65. The van der Waals surface area contributed by atoms with Crippen LogP contribution in [-0.4, -0.2) is 139 Å². The van der Waals surface area contributed by atoms with E-state index in [1.54, 1.807) is 0 Å². The second-order valence-corrected chi connectivity index (χ2v) is 26.4. The molecule has 0 aromatic rings. The third-order valence-corrected chi connectivity index (χ3v) is 17.8. The maximum absolute atomic E-state index is 14.4. The third-order valence-electron chi connectivity index (χ3n) is 17.4. The Morgan fingerprint density at radius 3 is 1.27 bits per heavy atom. The minimum atomic E-state index is -5.37. The Labute approximate surface area is 514 Å². The number of amides is 1. The van der Waals surface area contributed by atoms with Gasteiger partial charge in [-0.2, -0.15) is 0 Å². The Morgan fingerprint density at radius 1 is 0.482 bits per heavy atom. The first-order valence-electron chi connectivity index (χ1n) is 34.8. The summed E-state index contributed by atoms with van der Waals surface area (Å²) in [5, 5.41) is 68.3. The summed E-state index contributed by atoms with van der Waals surface area (Å²) >= 11 is 0. The number of carbonyl (C=O) groups excluding carboxylic acids is 3. The Morgan fingerprint density at radius 2 is 0.859 bits per heavy atom. The number of phosphoric acid groups is 1. The van der Waals surface area contributed by atoms with Crippen LogP contribution in [0.4, 0.5) is 0 Å². The number of phosphoric ester groups is 1. The van der Waals surface area contributed by atoms with Gasteiger partial charge >= 0.3 is 13.8 Å². The zero-order chi connectivity index (χ0) is 62.3. The molecule has 2 fully saturated rings. The van der Waals surface area contributed by atoms with Gasteiger partial charge in [-0.15, -0.1) is 0 Å². The summed E-state index contributed by atoms with van der Waals surface area (Å²) in [4.78, 5) is 60.6. The van der Waals surface area contributed by atoms with E-state index in [2.05, 4.69) is 26.1 Å². The van der Waals surface area contributed by atoms with Crippen LogP contribution < -0.4 is 5.32 Å². The summed E-state index contributed by atoms with van der Waals surface area (Å²) in [6, 6.07) is -1.72. The topological polar surface area (TPSA) is 288 Å². The number of esters is 1. The fourth-order valence-electron chi connectivity index (χ4n) is 12.0. The van der Waals surface area contributed by atoms with Gasteiger partial charge in [0.05, 0.1) is 37.8 Å². The average molecular weight is 1240 g/mol. The SMILES string of the molecule is CCCCCCCCCCCCCCCCCC(=O)O[C@H](CCCCCCCCCCCCCCC)CC(=O)[C@H]1[C@H](OC[C@H]2O[C@H](OP(=O)(O)O)[C@H](NC(=O)C[C@H](O)CCCCCCCCCCCCCCC)[C@@H](O)[C@@H]2O)O[C@H](CO)[C@@H](O)[C@@H]1O. The molecule has 19 heteroatoms. The third kappa shape index (κ3) is 38.6. The van der Waals surface area contributed by atoms with Gasteiger partial charge in [-0.25, -0.2) is 4.57 Å². The largest absolute Gasteiger partial charge is 0.472 e. The van der Waals surface area contributed by atoms with E-state index >= 15 is 0 Å². The summed E-state index contributed by atoms with van der Waals surface area (Å²) in [7, 11) is -5.37. The summed E-state index contributed by atoms with van der Waals surface area (Å²) < 4.78 is 40.6. The van der Waals surface area contributed by atoms with Crippen molar-refractivity contribution in [1.82, 2.24) is 5.32 Å². The number of hydrogen-bond donors (Lipinski definition) is 9. The molecule has 0 saturated carbocycles. The number of ketones is 1. The van der Waals surface area contributed by atoms with Gasteiger partial charge in [0.15, 0.2) is 12.6 Å². The summed E-state index contributed by atoms with van der Waals surface area (Å²) in [6.45, 7) is 5.16. The predicted molar refractivity (Wildman–Crippen MR) is 333 cm³/mol. The molecule has 0 bridgehead atoms. The van der Waals surface area contributed by atoms with Crippen LogP contribution in [0.25, 0.3) is 0 Å².